The Balaban J connectivity index is 1.76. The minimum Gasteiger partial charge on any atom is -0.388 e. The number of aliphatic hydroxyl groups excluding tert-OH is 1. The summed E-state index contributed by atoms with van der Waals surface area (Å²) in [5.74, 6) is 0.231. The first kappa shape index (κ1) is 14.2. The largest absolute Gasteiger partial charge is 0.388 e. The molecular weight excluding hydrogens is 303 g/mol. The Labute approximate surface area is 127 Å². The summed E-state index contributed by atoms with van der Waals surface area (Å²) in [7, 11) is 0. The Bertz CT molecular complexity index is 454. The van der Waals surface area contributed by atoms with E-state index in [0.717, 1.165) is 37.9 Å². The van der Waals surface area contributed by atoms with Crippen LogP contribution in [-0.2, 0) is 4.74 Å². The Kier molecular flexibility index (Phi) is 4.12. The van der Waals surface area contributed by atoms with E-state index in [0.29, 0.717) is 8.67 Å². The van der Waals surface area contributed by atoms with E-state index in [-0.39, 0.29) is 11.5 Å². The highest BCUT2D eigenvalue weighted by Crippen LogP contribution is 2.47. The van der Waals surface area contributed by atoms with Crippen molar-refractivity contribution in [2.75, 3.05) is 6.61 Å². The predicted molar refractivity (Wildman–Crippen MR) is 79.2 cm³/mol. The number of hydrogen-bond acceptors (Lipinski definition) is 3. The van der Waals surface area contributed by atoms with Gasteiger partial charge >= 0.3 is 0 Å². The van der Waals surface area contributed by atoms with Gasteiger partial charge in [0.05, 0.1) is 16.0 Å². The highest BCUT2D eigenvalue weighted by atomic mass is 35.5. The molecule has 1 aliphatic carbocycles. The molecule has 0 bridgehead atoms. The van der Waals surface area contributed by atoms with Crippen molar-refractivity contribution >= 4 is 34.5 Å². The van der Waals surface area contributed by atoms with Crippen LogP contribution in [0.5, 0.6) is 0 Å². The minimum absolute atomic E-state index is 0.0240. The second-order valence-electron chi connectivity index (χ2n) is 5.72. The highest BCUT2D eigenvalue weighted by molar-refractivity contribution is 7.20. The van der Waals surface area contributed by atoms with Crippen molar-refractivity contribution in [2.45, 2.75) is 50.2 Å². The standard InChI is InChI=1S/C14H18Cl2O2S/c15-11-7-10(13(16)19-11)12(17)9-3-6-18-14(8-9)4-1-2-5-14/h7,9,12,17H,1-6,8H2. The molecule has 3 rings (SSSR count). The molecule has 106 valence electrons. The zero-order valence-electron chi connectivity index (χ0n) is 10.7. The van der Waals surface area contributed by atoms with Gasteiger partial charge in [-0.3, -0.25) is 0 Å². The van der Waals surface area contributed by atoms with E-state index >= 15 is 0 Å². The predicted octanol–water partition coefficient (Wildman–Crippen LogP) is 4.83. The van der Waals surface area contributed by atoms with Crippen molar-refractivity contribution < 1.29 is 9.84 Å². The molecule has 1 aliphatic heterocycles. The summed E-state index contributed by atoms with van der Waals surface area (Å²) >= 11 is 13.4. The van der Waals surface area contributed by atoms with Crippen LogP contribution in [-0.4, -0.2) is 17.3 Å². The van der Waals surface area contributed by atoms with Crippen LogP contribution in [0.1, 0.15) is 50.2 Å². The number of hydrogen-bond donors (Lipinski definition) is 1. The first-order valence-corrected chi connectivity index (χ1v) is 8.44. The number of ether oxygens (including phenoxy) is 1. The molecule has 2 aliphatic rings. The van der Waals surface area contributed by atoms with Gasteiger partial charge in [0.25, 0.3) is 0 Å². The molecule has 2 fully saturated rings. The fourth-order valence-electron chi connectivity index (χ4n) is 3.51. The van der Waals surface area contributed by atoms with Crippen molar-refractivity contribution in [3.63, 3.8) is 0 Å². The van der Waals surface area contributed by atoms with Gasteiger partial charge in [0.1, 0.15) is 4.34 Å². The van der Waals surface area contributed by atoms with Gasteiger partial charge in [-0.25, -0.2) is 0 Å². The molecule has 2 heterocycles. The van der Waals surface area contributed by atoms with Gasteiger partial charge < -0.3 is 9.84 Å². The molecule has 1 aromatic rings. The van der Waals surface area contributed by atoms with Gasteiger partial charge in [0, 0.05) is 12.2 Å². The van der Waals surface area contributed by atoms with Gasteiger partial charge in [0.15, 0.2) is 0 Å². The third-order valence-electron chi connectivity index (χ3n) is 4.49. The average molecular weight is 321 g/mol. The smallest absolute Gasteiger partial charge is 0.100 e. The molecule has 0 radical (unpaired) electrons. The quantitative estimate of drug-likeness (QED) is 0.845. The van der Waals surface area contributed by atoms with Crippen LogP contribution in [0.25, 0.3) is 0 Å². The zero-order valence-corrected chi connectivity index (χ0v) is 13.0. The summed E-state index contributed by atoms with van der Waals surface area (Å²) in [6.07, 6.45) is 6.08. The molecule has 1 spiro atoms. The lowest BCUT2D eigenvalue weighted by atomic mass is 9.80. The first-order valence-electron chi connectivity index (χ1n) is 6.86. The normalized spacial score (nSPS) is 27.8. The molecule has 0 aromatic carbocycles. The summed E-state index contributed by atoms with van der Waals surface area (Å²) in [6, 6.07) is 1.80. The number of rotatable bonds is 2. The number of thiophene rings is 1. The molecule has 2 atom stereocenters. The minimum atomic E-state index is -0.516. The Morgan fingerprint density at radius 3 is 2.74 bits per heavy atom. The summed E-state index contributed by atoms with van der Waals surface area (Å²) < 4.78 is 7.27. The van der Waals surface area contributed by atoms with Crippen LogP contribution in [0.2, 0.25) is 8.67 Å². The molecule has 5 heteroatoms. The molecule has 19 heavy (non-hydrogen) atoms. The summed E-state index contributed by atoms with van der Waals surface area (Å²) in [6.45, 7) is 0.747. The molecule has 1 aromatic heterocycles. The fraction of sp³-hybridized carbons (Fsp3) is 0.714. The molecule has 1 N–H and O–H groups in total. The van der Waals surface area contributed by atoms with Crippen molar-refractivity contribution in [2.24, 2.45) is 5.92 Å². The molecular formula is C14H18Cl2O2S. The molecule has 0 amide bonds. The van der Waals surface area contributed by atoms with Crippen molar-refractivity contribution in [1.82, 2.24) is 0 Å². The van der Waals surface area contributed by atoms with E-state index in [9.17, 15) is 5.11 Å². The monoisotopic (exact) mass is 320 g/mol. The zero-order chi connectivity index (χ0) is 13.5. The van der Waals surface area contributed by atoms with Gasteiger partial charge in [-0.1, -0.05) is 36.0 Å². The maximum atomic E-state index is 10.6. The second-order valence-corrected chi connectivity index (χ2v) is 8.00. The van der Waals surface area contributed by atoms with Crippen LogP contribution in [0, 0.1) is 5.92 Å². The van der Waals surface area contributed by atoms with Crippen LogP contribution in [0.4, 0.5) is 0 Å². The van der Waals surface area contributed by atoms with E-state index in [4.69, 9.17) is 27.9 Å². The Hall–Kier alpha value is 0.200. The maximum Gasteiger partial charge on any atom is 0.100 e. The lowest BCUT2D eigenvalue weighted by Crippen LogP contribution is -2.39. The summed E-state index contributed by atoms with van der Waals surface area (Å²) in [4.78, 5) is 0. The van der Waals surface area contributed by atoms with Gasteiger partial charge in [-0.2, -0.15) is 0 Å². The fourth-order valence-corrected chi connectivity index (χ4v) is 5.05. The summed E-state index contributed by atoms with van der Waals surface area (Å²) in [5.41, 5.74) is 0.813. The van der Waals surface area contributed by atoms with E-state index < -0.39 is 6.10 Å². The van der Waals surface area contributed by atoms with Gasteiger partial charge in [-0.05, 0) is 37.7 Å². The maximum absolute atomic E-state index is 10.6. The Morgan fingerprint density at radius 2 is 2.11 bits per heavy atom. The van der Waals surface area contributed by atoms with E-state index in [1.807, 2.05) is 0 Å². The van der Waals surface area contributed by atoms with Gasteiger partial charge in [-0.15, -0.1) is 11.3 Å². The molecule has 2 unspecified atom stereocenters. The third kappa shape index (κ3) is 2.81. The SMILES string of the molecule is OC(c1cc(Cl)sc1Cl)C1CCOC2(CCCC2)C1. The summed E-state index contributed by atoms with van der Waals surface area (Å²) in [5, 5.41) is 10.6. The first-order chi connectivity index (χ1) is 9.10. The second kappa shape index (κ2) is 5.53. The Morgan fingerprint density at radius 1 is 1.37 bits per heavy atom. The van der Waals surface area contributed by atoms with Crippen molar-refractivity contribution in [3.05, 3.63) is 20.3 Å². The van der Waals surface area contributed by atoms with Crippen LogP contribution in [0.15, 0.2) is 6.07 Å². The van der Waals surface area contributed by atoms with E-state index in [1.54, 1.807) is 6.07 Å². The van der Waals surface area contributed by atoms with Gasteiger partial charge in [0.2, 0.25) is 0 Å². The number of halogens is 2. The van der Waals surface area contributed by atoms with Crippen LogP contribution in [0.3, 0.4) is 0 Å². The topological polar surface area (TPSA) is 29.5 Å². The molecule has 1 saturated carbocycles. The highest BCUT2D eigenvalue weighted by Gasteiger charge is 2.42. The lowest BCUT2D eigenvalue weighted by molar-refractivity contribution is -0.113. The van der Waals surface area contributed by atoms with Crippen molar-refractivity contribution in [1.29, 1.82) is 0 Å². The lowest BCUT2D eigenvalue weighted by Gasteiger charge is -2.40. The van der Waals surface area contributed by atoms with Crippen molar-refractivity contribution in [3.8, 4) is 0 Å². The third-order valence-corrected chi connectivity index (χ3v) is 6.01. The van der Waals surface area contributed by atoms with E-state index in [2.05, 4.69) is 0 Å². The molecule has 1 saturated heterocycles. The van der Waals surface area contributed by atoms with E-state index in [1.165, 1.54) is 24.2 Å². The van der Waals surface area contributed by atoms with Crippen LogP contribution < -0.4 is 0 Å². The molecule has 2 nitrogen and oxygen atoms in total. The average Bonchev–Trinajstić information content (AvgIpc) is 2.96. The van der Waals surface area contributed by atoms with Crippen LogP contribution >= 0.6 is 34.5 Å². The number of aliphatic hydroxyl groups is 1.